The average molecular weight is 311 g/mol. The second-order valence-electron chi connectivity index (χ2n) is 4.22. The number of hydrogen-bond acceptors (Lipinski definition) is 3. The molecule has 1 heterocycles. The van der Waals surface area contributed by atoms with E-state index in [2.05, 4.69) is 10.3 Å². The number of amides is 1. The summed E-state index contributed by atoms with van der Waals surface area (Å²) >= 11 is 0. The normalized spacial score (nSPS) is 12.2. The van der Waals surface area contributed by atoms with Gasteiger partial charge < -0.3 is 10.6 Å². The van der Waals surface area contributed by atoms with Crippen molar-refractivity contribution >= 4 is 5.91 Å². The van der Waals surface area contributed by atoms with Crippen molar-refractivity contribution in [1.82, 2.24) is 15.6 Å². The fourth-order valence-electron chi connectivity index (χ4n) is 1.39. The van der Waals surface area contributed by atoms with Crippen LogP contribution in [-0.4, -0.2) is 36.1 Å². The summed E-state index contributed by atoms with van der Waals surface area (Å²) in [6.07, 6.45) is -2.41. The number of carbonyl (C=O) groups excluding carboxylic acids is 1. The molecule has 0 aliphatic heterocycles. The number of hydrogen-bond donors (Lipinski definition) is 2. The van der Waals surface area contributed by atoms with Crippen LogP contribution in [0.5, 0.6) is 0 Å². The standard InChI is InChI=1S/C12H14F5N3O/c13-11(14,12(15,16)17)10(21)20-6-2-5-19-8-9-3-1-4-18-7-9/h1,3-4,7,19H,2,5-6,8H2,(H,20,21). The van der Waals surface area contributed by atoms with Crippen molar-refractivity contribution in [1.29, 1.82) is 0 Å². The molecule has 1 rings (SSSR count). The van der Waals surface area contributed by atoms with Crippen molar-refractivity contribution in [2.24, 2.45) is 0 Å². The van der Waals surface area contributed by atoms with Gasteiger partial charge in [0.05, 0.1) is 0 Å². The van der Waals surface area contributed by atoms with E-state index in [1.807, 2.05) is 6.07 Å². The van der Waals surface area contributed by atoms with Crippen LogP contribution in [0.3, 0.4) is 0 Å². The molecule has 0 aliphatic rings. The molecule has 0 unspecified atom stereocenters. The van der Waals surface area contributed by atoms with Gasteiger partial charge in [-0.25, -0.2) is 0 Å². The van der Waals surface area contributed by atoms with E-state index < -0.39 is 18.0 Å². The minimum atomic E-state index is -5.88. The lowest BCUT2D eigenvalue weighted by Crippen LogP contribution is -2.50. The maximum atomic E-state index is 12.6. The summed E-state index contributed by atoms with van der Waals surface area (Å²) < 4.78 is 60.7. The van der Waals surface area contributed by atoms with E-state index in [4.69, 9.17) is 0 Å². The lowest BCUT2D eigenvalue weighted by atomic mass is 10.3. The molecule has 1 aromatic rings. The number of aromatic nitrogens is 1. The van der Waals surface area contributed by atoms with E-state index in [1.54, 1.807) is 23.8 Å². The predicted molar refractivity (Wildman–Crippen MR) is 64.6 cm³/mol. The van der Waals surface area contributed by atoms with E-state index >= 15 is 0 Å². The molecule has 0 fully saturated rings. The molecule has 0 radical (unpaired) electrons. The van der Waals surface area contributed by atoms with Gasteiger partial charge in [0, 0.05) is 25.5 Å². The van der Waals surface area contributed by atoms with Gasteiger partial charge in [0.2, 0.25) is 0 Å². The summed E-state index contributed by atoms with van der Waals surface area (Å²) in [5.74, 6) is -7.70. The maximum Gasteiger partial charge on any atom is 0.463 e. The van der Waals surface area contributed by atoms with Gasteiger partial charge in [-0.05, 0) is 24.6 Å². The Hall–Kier alpha value is -1.77. The van der Waals surface area contributed by atoms with Gasteiger partial charge in [0.25, 0.3) is 5.91 Å². The molecule has 118 valence electrons. The lowest BCUT2D eigenvalue weighted by Gasteiger charge is -2.18. The van der Waals surface area contributed by atoms with Crippen LogP contribution in [0.15, 0.2) is 24.5 Å². The Bertz CT molecular complexity index is 450. The fourth-order valence-corrected chi connectivity index (χ4v) is 1.39. The van der Waals surface area contributed by atoms with Crippen LogP contribution in [0.25, 0.3) is 0 Å². The minimum Gasteiger partial charge on any atom is -0.351 e. The molecule has 0 spiro atoms. The second-order valence-corrected chi connectivity index (χ2v) is 4.22. The molecule has 21 heavy (non-hydrogen) atoms. The van der Waals surface area contributed by atoms with E-state index in [-0.39, 0.29) is 13.0 Å². The van der Waals surface area contributed by atoms with Gasteiger partial charge in [0.15, 0.2) is 0 Å². The molecule has 0 atom stereocenters. The van der Waals surface area contributed by atoms with Gasteiger partial charge in [-0.3, -0.25) is 9.78 Å². The summed E-state index contributed by atoms with van der Waals surface area (Å²) in [5, 5.41) is 4.51. The van der Waals surface area contributed by atoms with E-state index in [9.17, 15) is 26.7 Å². The van der Waals surface area contributed by atoms with Crippen molar-refractivity contribution in [3.8, 4) is 0 Å². The molecular weight excluding hydrogens is 297 g/mol. The Balaban J connectivity index is 2.18. The van der Waals surface area contributed by atoms with Crippen LogP contribution in [-0.2, 0) is 11.3 Å². The van der Waals surface area contributed by atoms with Crippen LogP contribution in [0, 0.1) is 0 Å². The average Bonchev–Trinajstić information content (AvgIpc) is 2.42. The minimum absolute atomic E-state index is 0.222. The molecule has 1 amide bonds. The third-order valence-corrected chi connectivity index (χ3v) is 2.51. The lowest BCUT2D eigenvalue weighted by molar-refractivity contribution is -0.269. The molecule has 0 bridgehead atoms. The van der Waals surface area contributed by atoms with Crippen molar-refractivity contribution in [3.05, 3.63) is 30.1 Å². The molecule has 2 N–H and O–H groups in total. The zero-order valence-corrected chi connectivity index (χ0v) is 10.9. The highest BCUT2D eigenvalue weighted by molar-refractivity contribution is 5.84. The number of nitrogens with one attached hydrogen (secondary N) is 2. The Labute approximate surface area is 117 Å². The molecule has 0 saturated carbocycles. The topological polar surface area (TPSA) is 54.0 Å². The van der Waals surface area contributed by atoms with E-state index in [0.717, 1.165) is 5.56 Å². The highest BCUT2D eigenvalue weighted by atomic mass is 19.4. The number of alkyl halides is 5. The molecular formula is C12H14F5N3O. The van der Waals surface area contributed by atoms with Gasteiger partial charge in [-0.1, -0.05) is 6.07 Å². The zero-order valence-electron chi connectivity index (χ0n) is 10.9. The Kier molecular flexibility index (Phi) is 6.01. The third kappa shape index (κ3) is 5.25. The monoisotopic (exact) mass is 311 g/mol. The second kappa shape index (κ2) is 7.30. The van der Waals surface area contributed by atoms with Crippen LogP contribution in [0.2, 0.25) is 0 Å². The van der Waals surface area contributed by atoms with Gasteiger partial charge >= 0.3 is 12.1 Å². The smallest absolute Gasteiger partial charge is 0.351 e. The van der Waals surface area contributed by atoms with Crippen molar-refractivity contribution in [2.45, 2.75) is 25.1 Å². The Morgan fingerprint density at radius 1 is 1.19 bits per heavy atom. The van der Waals surface area contributed by atoms with Crippen LogP contribution in [0.1, 0.15) is 12.0 Å². The van der Waals surface area contributed by atoms with E-state index in [0.29, 0.717) is 13.1 Å². The highest BCUT2D eigenvalue weighted by Gasteiger charge is 2.63. The van der Waals surface area contributed by atoms with Gasteiger partial charge in [0.1, 0.15) is 0 Å². The molecule has 0 aliphatic carbocycles. The van der Waals surface area contributed by atoms with Crippen molar-refractivity contribution in [3.63, 3.8) is 0 Å². The van der Waals surface area contributed by atoms with Crippen LogP contribution >= 0.6 is 0 Å². The molecule has 1 aromatic heterocycles. The quantitative estimate of drug-likeness (QED) is 0.597. The Morgan fingerprint density at radius 2 is 1.90 bits per heavy atom. The number of rotatable bonds is 7. The molecule has 0 aromatic carbocycles. The van der Waals surface area contributed by atoms with E-state index in [1.165, 1.54) is 0 Å². The third-order valence-electron chi connectivity index (χ3n) is 2.51. The molecule has 4 nitrogen and oxygen atoms in total. The number of halogens is 5. The summed E-state index contributed by atoms with van der Waals surface area (Å²) in [6.45, 7) is 0.567. The first-order valence-electron chi connectivity index (χ1n) is 6.07. The molecule has 9 heteroatoms. The molecule has 0 saturated heterocycles. The summed E-state index contributed by atoms with van der Waals surface area (Å²) in [7, 11) is 0. The first-order chi connectivity index (χ1) is 9.75. The van der Waals surface area contributed by atoms with Crippen molar-refractivity contribution < 1.29 is 26.7 Å². The summed E-state index contributed by atoms with van der Waals surface area (Å²) in [4.78, 5) is 14.6. The summed E-state index contributed by atoms with van der Waals surface area (Å²) in [5.41, 5.74) is 0.908. The Morgan fingerprint density at radius 3 is 2.48 bits per heavy atom. The van der Waals surface area contributed by atoms with Gasteiger partial charge in [-0.15, -0.1) is 0 Å². The van der Waals surface area contributed by atoms with Crippen LogP contribution < -0.4 is 10.6 Å². The number of nitrogens with zero attached hydrogens (tertiary/aromatic N) is 1. The first-order valence-corrected chi connectivity index (χ1v) is 6.07. The highest BCUT2D eigenvalue weighted by Crippen LogP contribution is 2.35. The largest absolute Gasteiger partial charge is 0.463 e. The van der Waals surface area contributed by atoms with Crippen molar-refractivity contribution in [2.75, 3.05) is 13.1 Å². The predicted octanol–water partition coefficient (Wildman–Crippen LogP) is 1.88. The maximum absolute atomic E-state index is 12.6. The SMILES string of the molecule is O=C(NCCCNCc1cccnc1)C(F)(F)C(F)(F)F. The number of pyridine rings is 1. The summed E-state index contributed by atoms with van der Waals surface area (Å²) in [6, 6.07) is 3.57. The first kappa shape index (κ1) is 17.3. The number of carbonyl (C=O) groups is 1. The van der Waals surface area contributed by atoms with Crippen LogP contribution in [0.4, 0.5) is 22.0 Å². The van der Waals surface area contributed by atoms with Gasteiger partial charge in [-0.2, -0.15) is 22.0 Å². The zero-order chi connectivity index (χ0) is 15.9. The fraction of sp³-hybridized carbons (Fsp3) is 0.500.